The van der Waals surface area contributed by atoms with E-state index in [0.29, 0.717) is 0 Å². The molecule has 0 saturated carbocycles. The summed E-state index contributed by atoms with van der Waals surface area (Å²) in [5.41, 5.74) is 0.994. The van der Waals surface area contributed by atoms with Crippen molar-refractivity contribution in [1.29, 1.82) is 0 Å². The monoisotopic (exact) mass is 244 g/mol. The van der Waals surface area contributed by atoms with Crippen LogP contribution >= 0.6 is 0 Å². The number of hydrogen-bond donors (Lipinski definition) is 2. The number of aliphatic carboxylic acids is 1. The summed E-state index contributed by atoms with van der Waals surface area (Å²) in [6.07, 6.45) is 6.96. The lowest BCUT2D eigenvalue weighted by Gasteiger charge is -2.21. The largest absolute Gasteiger partial charge is 0.481 e. The first-order chi connectivity index (χ1) is 8.59. The Kier molecular flexibility index (Phi) is 3.28. The minimum Gasteiger partial charge on any atom is -0.481 e. The van der Waals surface area contributed by atoms with Crippen LogP contribution in [0, 0.1) is 5.92 Å². The first-order valence-corrected chi connectivity index (χ1v) is 5.50. The molecule has 92 valence electrons. The molecule has 2 N–H and O–H groups in total. The fourth-order valence-corrected chi connectivity index (χ4v) is 2.01. The Morgan fingerprint density at radius 2 is 1.56 bits per heavy atom. The van der Waals surface area contributed by atoms with Gasteiger partial charge in [0, 0.05) is 5.92 Å². The van der Waals surface area contributed by atoms with Crippen molar-refractivity contribution >= 4 is 11.9 Å². The molecule has 1 aromatic rings. The Morgan fingerprint density at radius 3 is 2.11 bits per heavy atom. The highest BCUT2D eigenvalue weighted by Crippen LogP contribution is 2.30. The smallest absolute Gasteiger partial charge is 0.335 e. The van der Waals surface area contributed by atoms with Gasteiger partial charge in [-0.1, -0.05) is 36.4 Å². The van der Waals surface area contributed by atoms with Gasteiger partial charge in [-0.15, -0.1) is 0 Å². The molecular formula is C14H12O4. The summed E-state index contributed by atoms with van der Waals surface area (Å²) in [6, 6.07) is 6.30. The second kappa shape index (κ2) is 4.87. The molecular weight excluding hydrogens is 232 g/mol. The van der Waals surface area contributed by atoms with Crippen molar-refractivity contribution in [2.24, 2.45) is 5.92 Å². The zero-order valence-corrected chi connectivity index (χ0v) is 9.48. The molecule has 1 aliphatic carbocycles. The van der Waals surface area contributed by atoms with Crippen LogP contribution in [0.2, 0.25) is 0 Å². The Bertz CT molecular complexity index is 525. The fourth-order valence-electron chi connectivity index (χ4n) is 2.01. The van der Waals surface area contributed by atoms with Crippen LogP contribution in [0.3, 0.4) is 0 Å². The Morgan fingerprint density at radius 1 is 0.944 bits per heavy atom. The van der Waals surface area contributed by atoms with Crippen molar-refractivity contribution < 1.29 is 19.8 Å². The third-order valence-electron chi connectivity index (χ3n) is 2.96. The highest BCUT2D eigenvalue weighted by Gasteiger charge is 2.26. The van der Waals surface area contributed by atoms with Crippen LogP contribution in [0.25, 0.3) is 0 Å². The molecule has 0 saturated heterocycles. The van der Waals surface area contributed by atoms with Gasteiger partial charge in [-0.25, -0.2) is 4.79 Å². The average molecular weight is 244 g/mol. The third kappa shape index (κ3) is 2.32. The van der Waals surface area contributed by atoms with E-state index >= 15 is 0 Å². The first-order valence-electron chi connectivity index (χ1n) is 5.50. The minimum absolute atomic E-state index is 0.195. The van der Waals surface area contributed by atoms with Gasteiger partial charge < -0.3 is 10.2 Å². The molecule has 2 atom stereocenters. The summed E-state index contributed by atoms with van der Waals surface area (Å²) < 4.78 is 0. The molecule has 18 heavy (non-hydrogen) atoms. The van der Waals surface area contributed by atoms with Crippen molar-refractivity contribution in [3.63, 3.8) is 0 Å². The lowest BCUT2D eigenvalue weighted by molar-refractivity contribution is -0.140. The molecule has 0 fully saturated rings. The summed E-state index contributed by atoms with van der Waals surface area (Å²) in [6.45, 7) is 0. The van der Waals surface area contributed by atoms with Crippen molar-refractivity contribution in [3.8, 4) is 0 Å². The summed E-state index contributed by atoms with van der Waals surface area (Å²) in [5.74, 6) is -2.74. The van der Waals surface area contributed by atoms with Gasteiger partial charge >= 0.3 is 11.9 Å². The van der Waals surface area contributed by atoms with Gasteiger partial charge in [-0.05, 0) is 17.7 Å². The van der Waals surface area contributed by atoms with Gasteiger partial charge in [-0.3, -0.25) is 4.79 Å². The van der Waals surface area contributed by atoms with Gasteiger partial charge in [-0.2, -0.15) is 0 Å². The summed E-state index contributed by atoms with van der Waals surface area (Å²) in [5, 5.41) is 17.9. The number of carboxylic acid groups (broad SMARTS) is 2. The van der Waals surface area contributed by atoms with Crippen LogP contribution in [-0.4, -0.2) is 22.2 Å². The molecule has 0 bridgehead atoms. The molecule has 4 heteroatoms. The quantitative estimate of drug-likeness (QED) is 0.855. The van der Waals surface area contributed by atoms with Crippen molar-refractivity contribution in [3.05, 3.63) is 59.7 Å². The van der Waals surface area contributed by atoms with E-state index in [0.717, 1.165) is 5.56 Å². The van der Waals surface area contributed by atoms with Crippen LogP contribution < -0.4 is 0 Å². The van der Waals surface area contributed by atoms with Crippen LogP contribution in [0.4, 0.5) is 0 Å². The molecule has 4 nitrogen and oxygen atoms in total. The van der Waals surface area contributed by atoms with E-state index in [1.807, 2.05) is 6.08 Å². The zero-order valence-electron chi connectivity index (χ0n) is 9.48. The molecule has 0 aliphatic heterocycles. The second-order valence-corrected chi connectivity index (χ2v) is 4.09. The molecule has 2 unspecified atom stereocenters. The van der Waals surface area contributed by atoms with E-state index < -0.39 is 17.9 Å². The molecule has 0 heterocycles. The number of allylic oxidation sites excluding steroid dienone is 3. The maximum Gasteiger partial charge on any atom is 0.335 e. The number of rotatable bonds is 3. The van der Waals surface area contributed by atoms with Crippen molar-refractivity contribution in [2.75, 3.05) is 0 Å². The van der Waals surface area contributed by atoms with Gasteiger partial charge in [0.05, 0.1) is 11.5 Å². The molecule has 1 aromatic carbocycles. The normalized spacial score (nSPS) is 21.8. The minimum atomic E-state index is -0.990. The zero-order chi connectivity index (χ0) is 13.1. The van der Waals surface area contributed by atoms with E-state index in [1.54, 1.807) is 30.4 Å². The topological polar surface area (TPSA) is 74.6 Å². The Balaban J connectivity index is 2.30. The number of aromatic carboxylic acids is 1. The standard InChI is InChI=1S/C14H12O4/c15-13(16)10-7-5-9(6-8-10)11-3-1-2-4-12(11)14(17)18/h1-8,11-12H,(H,15,16)(H,17,18). The number of carboxylic acids is 2. The van der Waals surface area contributed by atoms with Gasteiger partial charge in [0.25, 0.3) is 0 Å². The van der Waals surface area contributed by atoms with E-state index in [-0.39, 0.29) is 11.5 Å². The molecule has 0 aromatic heterocycles. The molecule has 2 rings (SSSR count). The van der Waals surface area contributed by atoms with E-state index in [2.05, 4.69) is 0 Å². The Hall–Kier alpha value is -2.36. The first kappa shape index (κ1) is 12.1. The third-order valence-corrected chi connectivity index (χ3v) is 2.96. The van der Waals surface area contributed by atoms with Crippen LogP contribution in [0.1, 0.15) is 21.8 Å². The fraction of sp³-hybridized carbons (Fsp3) is 0.143. The molecule has 0 spiro atoms. The van der Waals surface area contributed by atoms with Gasteiger partial charge in [0.1, 0.15) is 0 Å². The molecule has 0 radical (unpaired) electrons. The van der Waals surface area contributed by atoms with Crippen LogP contribution in [-0.2, 0) is 4.79 Å². The molecule has 0 amide bonds. The number of carbonyl (C=O) groups is 2. The van der Waals surface area contributed by atoms with Gasteiger partial charge in [0.2, 0.25) is 0 Å². The lowest BCUT2D eigenvalue weighted by atomic mass is 9.83. The maximum atomic E-state index is 11.1. The van der Waals surface area contributed by atoms with E-state index in [1.165, 1.54) is 12.1 Å². The van der Waals surface area contributed by atoms with Gasteiger partial charge in [0.15, 0.2) is 0 Å². The van der Waals surface area contributed by atoms with Crippen molar-refractivity contribution in [2.45, 2.75) is 5.92 Å². The van der Waals surface area contributed by atoms with Crippen LogP contribution in [0.15, 0.2) is 48.6 Å². The van der Waals surface area contributed by atoms with E-state index in [4.69, 9.17) is 10.2 Å². The highest BCUT2D eigenvalue weighted by atomic mass is 16.4. The predicted molar refractivity (Wildman–Crippen MR) is 65.5 cm³/mol. The number of hydrogen-bond acceptors (Lipinski definition) is 2. The highest BCUT2D eigenvalue weighted by molar-refractivity contribution is 5.87. The summed E-state index contributed by atoms with van der Waals surface area (Å²) in [7, 11) is 0. The maximum absolute atomic E-state index is 11.1. The second-order valence-electron chi connectivity index (χ2n) is 4.09. The number of benzene rings is 1. The SMILES string of the molecule is O=C(O)c1ccc(C2C=CC=CC2C(=O)O)cc1. The van der Waals surface area contributed by atoms with Crippen LogP contribution in [0.5, 0.6) is 0 Å². The predicted octanol–water partition coefficient (Wildman–Crippen LogP) is 2.30. The lowest BCUT2D eigenvalue weighted by Crippen LogP contribution is -2.20. The Labute approximate surface area is 104 Å². The van der Waals surface area contributed by atoms with E-state index in [9.17, 15) is 9.59 Å². The average Bonchev–Trinajstić information content (AvgIpc) is 2.39. The van der Waals surface area contributed by atoms with Crippen molar-refractivity contribution in [1.82, 2.24) is 0 Å². The summed E-state index contributed by atoms with van der Waals surface area (Å²) in [4.78, 5) is 21.9. The summed E-state index contributed by atoms with van der Waals surface area (Å²) >= 11 is 0. The molecule has 1 aliphatic rings.